The Kier molecular flexibility index (Phi) is 3.13. The zero-order valence-corrected chi connectivity index (χ0v) is 8.82. The third-order valence-corrected chi connectivity index (χ3v) is 2.14. The highest BCUT2D eigenvalue weighted by Crippen LogP contribution is 2.22. The van der Waals surface area contributed by atoms with Crippen LogP contribution < -0.4 is 11.1 Å². The molecular formula is C11H10F2N4. The molecule has 17 heavy (non-hydrogen) atoms. The van der Waals surface area contributed by atoms with Crippen LogP contribution in [0.3, 0.4) is 0 Å². The molecule has 0 aliphatic carbocycles. The lowest BCUT2D eigenvalue weighted by Crippen LogP contribution is -2.06. The summed E-state index contributed by atoms with van der Waals surface area (Å²) in [6, 6.07) is 5.51. The van der Waals surface area contributed by atoms with Crippen molar-refractivity contribution in [3.05, 3.63) is 47.8 Å². The van der Waals surface area contributed by atoms with E-state index in [1.165, 1.54) is 6.20 Å². The number of nitrogens with two attached hydrogens (primary N) is 1. The minimum atomic E-state index is -0.730. The molecular weight excluding hydrogens is 226 g/mol. The van der Waals surface area contributed by atoms with Gasteiger partial charge in [0.15, 0.2) is 11.6 Å². The molecule has 0 saturated heterocycles. The Hall–Kier alpha value is -2.24. The van der Waals surface area contributed by atoms with E-state index in [9.17, 15) is 8.78 Å². The Morgan fingerprint density at radius 1 is 1.24 bits per heavy atom. The van der Waals surface area contributed by atoms with Crippen LogP contribution in [0.15, 0.2) is 30.5 Å². The molecule has 1 heterocycles. The third kappa shape index (κ3) is 2.66. The molecule has 0 fully saturated rings. The van der Waals surface area contributed by atoms with Gasteiger partial charge in [-0.05, 0) is 24.3 Å². The summed E-state index contributed by atoms with van der Waals surface area (Å²) >= 11 is 0. The standard InChI is InChI=1S/C11H10F2N4/c12-9-4-7(14)5-10(13)11(9)15-6-8-2-1-3-16-17-8/h1-5,15H,6,14H2. The van der Waals surface area contributed by atoms with Crippen LogP contribution in [-0.4, -0.2) is 10.2 Å². The van der Waals surface area contributed by atoms with Gasteiger partial charge in [-0.3, -0.25) is 0 Å². The number of hydrogen-bond donors (Lipinski definition) is 2. The van der Waals surface area contributed by atoms with E-state index in [1.807, 2.05) is 0 Å². The van der Waals surface area contributed by atoms with Gasteiger partial charge in [0, 0.05) is 11.9 Å². The fourth-order valence-corrected chi connectivity index (χ4v) is 1.37. The molecule has 0 amide bonds. The predicted octanol–water partition coefficient (Wildman–Crippen LogP) is 1.95. The van der Waals surface area contributed by atoms with E-state index in [0.717, 1.165) is 12.1 Å². The second kappa shape index (κ2) is 4.73. The largest absolute Gasteiger partial charge is 0.399 e. The summed E-state index contributed by atoms with van der Waals surface area (Å²) in [5.74, 6) is -1.46. The van der Waals surface area contributed by atoms with Crippen molar-refractivity contribution in [2.24, 2.45) is 0 Å². The van der Waals surface area contributed by atoms with E-state index in [4.69, 9.17) is 5.73 Å². The lowest BCUT2D eigenvalue weighted by molar-refractivity contribution is 0.589. The molecule has 88 valence electrons. The van der Waals surface area contributed by atoms with Crippen molar-refractivity contribution in [1.82, 2.24) is 10.2 Å². The highest BCUT2D eigenvalue weighted by molar-refractivity contribution is 5.54. The first-order valence-corrected chi connectivity index (χ1v) is 4.92. The van der Waals surface area contributed by atoms with Gasteiger partial charge in [-0.15, -0.1) is 0 Å². The summed E-state index contributed by atoms with van der Waals surface area (Å²) in [5, 5.41) is 10.1. The molecule has 6 heteroatoms. The zero-order chi connectivity index (χ0) is 12.3. The summed E-state index contributed by atoms with van der Waals surface area (Å²) in [4.78, 5) is 0. The second-order valence-corrected chi connectivity index (χ2v) is 3.43. The lowest BCUT2D eigenvalue weighted by atomic mass is 10.2. The third-order valence-electron chi connectivity index (χ3n) is 2.14. The number of aromatic nitrogens is 2. The molecule has 3 N–H and O–H groups in total. The van der Waals surface area contributed by atoms with E-state index < -0.39 is 11.6 Å². The second-order valence-electron chi connectivity index (χ2n) is 3.43. The van der Waals surface area contributed by atoms with Crippen LogP contribution in [0.4, 0.5) is 20.2 Å². The molecule has 0 aliphatic rings. The Labute approximate surface area is 96.5 Å². The number of nitrogen functional groups attached to an aromatic ring is 1. The maximum Gasteiger partial charge on any atom is 0.151 e. The molecule has 1 aromatic heterocycles. The Balaban J connectivity index is 2.15. The van der Waals surface area contributed by atoms with Gasteiger partial charge < -0.3 is 11.1 Å². The van der Waals surface area contributed by atoms with Gasteiger partial charge in [0.25, 0.3) is 0 Å². The fraction of sp³-hybridized carbons (Fsp3) is 0.0909. The Morgan fingerprint density at radius 3 is 2.53 bits per heavy atom. The first-order chi connectivity index (χ1) is 8.16. The Morgan fingerprint density at radius 2 is 1.94 bits per heavy atom. The number of nitrogens with zero attached hydrogens (tertiary/aromatic N) is 2. The first kappa shape index (κ1) is 11.3. The summed E-state index contributed by atoms with van der Waals surface area (Å²) < 4.78 is 26.8. The SMILES string of the molecule is Nc1cc(F)c(NCc2cccnn2)c(F)c1. The van der Waals surface area contributed by atoms with Gasteiger partial charge >= 0.3 is 0 Å². The highest BCUT2D eigenvalue weighted by Gasteiger charge is 2.09. The number of hydrogen-bond acceptors (Lipinski definition) is 4. The number of rotatable bonds is 3. The van der Waals surface area contributed by atoms with Crippen LogP contribution in [0.1, 0.15) is 5.69 Å². The van der Waals surface area contributed by atoms with Gasteiger partial charge in [-0.25, -0.2) is 8.78 Å². The van der Waals surface area contributed by atoms with Crippen molar-refractivity contribution in [2.75, 3.05) is 11.1 Å². The van der Waals surface area contributed by atoms with Gasteiger partial charge in [-0.1, -0.05) is 0 Å². The topological polar surface area (TPSA) is 63.8 Å². The van der Waals surface area contributed by atoms with Gasteiger partial charge in [-0.2, -0.15) is 10.2 Å². The van der Waals surface area contributed by atoms with Crippen LogP contribution in [0.5, 0.6) is 0 Å². The molecule has 0 atom stereocenters. The molecule has 0 radical (unpaired) electrons. The summed E-state index contributed by atoms with van der Waals surface area (Å²) in [6.07, 6.45) is 1.52. The average Bonchev–Trinajstić information content (AvgIpc) is 2.29. The Bertz CT molecular complexity index is 493. The zero-order valence-electron chi connectivity index (χ0n) is 8.82. The smallest absolute Gasteiger partial charge is 0.151 e. The first-order valence-electron chi connectivity index (χ1n) is 4.92. The molecule has 0 spiro atoms. The van der Waals surface area contributed by atoms with Crippen LogP contribution in [0.25, 0.3) is 0 Å². The number of anilines is 2. The van der Waals surface area contributed by atoms with E-state index in [2.05, 4.69) is 15.5 Å². The molecule has 0 unspecified atom stereocenters. The molecule has 1 aromatic carbocycles. The molecule has 0 saturated carbocycles. The molecule has 2 rings (SSSR count). The number of benzene rings is 1. The molecule has 2 aromatic rings. The van der Waals surface area contributed by atoms with Crippen molar-refractivity contribution in [3.63, 3.8) is 0 Å². The van der Waals surface area contributed by atoms with Crippen LogP contribution >= 0.6 is 0 Å². The molecule has 4 nitrogen and oxygen atoms in total. The molecule has 0 aliphatic heterocycles. The lowest BCUT2D eigenvalue weighted by Gasteiger charge is -2.08. The average molecular weight is 236 g/mol. The normalized spacial score (nSPS) is 10.2. The van der Waals surface area contributed by atoms with Crippen molar-refractivity contribution in [1.29, 1.82) is 0 Å². The minimum Gasteiger partial charge on any atom is -0.399 e. The van der Waals surface area contributed by atoms with Crippen LogP contribution in [-0.2, 0) is 6.54 Å². The van der Waals surface area contributed by atoms with Gasteiger partial charge in [0.05, 0.1) is 12.2 Å². The summed E-state index contributed by atoms with van der Waals surface area (Å²) in [6.45, 7) is 0.186. The van der Waals surface area contributed by atoms with Crippen molar-refractivity contribution >= 4 is 11.4 Å². The maximum absolute atomic E-state index is 13.4. The van der Waals surface area contributed by atoms with Crippen LogP contribution in [0, 0.1) is 11.6 Å². The monoisotopic (exact) mass is 236 g/mol. The van der Waals surface area contributed by atoms with E-state index >= 15 is 0 Å². The highest BCUT2D eigenvalue weighted by atomic mass is 19.1. The van der Waals surface area contributed by atoms with E-state index in [-0.39, 0.29) is 17.9 Å². The fourth-order valence-electron chi connectivity index (χ4n) is 1.37. The number of halogens is 2. The van der Waals surface area contributed by atoms with Gasteiger partial charge in [0.2, 0.25) is 0 Å². The quantitative estimate of drug-likeness (QED) is 0.799. The number of nitrogens with one attached hydrogen (secondary N) is 1. The molecule has 0 bridgehead atoms. The predicted molar refractivity (Wildman–Crippen MR) is 60.1 cm³/mol. The maximum atomic E-state index is 13.4. The minimum absolute atomic E-state index is 0.0463. The summed E-state index contributed by atoms with van der Waals surface area (Å²) in [5.41, 5.74) is 5.72. The van der Waals surface area contributed by atoms with Crippen molar-refractivity contribution in [3.8, 4) is 0 Å². The van der Waals surface area contributed by atoms with Crippen LogP contribution in [0.2, 0.25) is 0 Å². The van der Waals surface area contributed by atoms with E-state index in [0.29, 0.717) is 5.69 Å². The van der Waals surface area contributed by atoms with E-state index in [1.54, 1.807) is 12.1 Å². The van der Waals surface area contributed by atoms with Crippen molar-refractivity contribution in [2.45, 2.75) is 6.54 Å². The summed E-state index contributed by atoms with van der Waals surface area (Å²) in [7, 11) is 0. The van der Waals surface area contributed by atoms with Crippen molar-refractivity contribution < 1.29 is 8.78 Å². The van der Waals surface area contributed by atoms with Gasteiger partial charge in [0.1, 0.15) is 5.69 Å².